The van der Waals surface area contributed by atoms with E-state index in [1.807, 2.05) is 0 Å². The lowest BCUT2D eigenvalue weighted by Gasteiger charge is -2.18. The molecule has 2 N–H and O–H groups in total. The van der Waals surface area contributed by atoms with E-state index < -0.39 is 10.0 Å². The molecule has 1 amide bonds. The monoisotopic (exact) mass is 332 g/mol. The summed E-state index contributed by atoms with van der Waals surface area (Å²) >= 11 is 0. The quantitative estimate of drug-likeness (QED) is 0.812. The maximum Gasteiger partial charge on any atom is 0.240 e. The van der Waals surface area contributed by atoms with Gasteiger partial charge in [-0.25, -0.2) is 13.1 Å². The third kappa shape index (κ3) is 3.05. The predicted molar refractivity (Wildman–Crippen MR) is 87.3 cm³/mol. The molecule has 23 heavy (non-hydrogen) atoms. The van der Waals surface area contributed by atoms with E-state index in [4.69, 9.17) is 0 Å². The predicted octanol–water partition coefficient (Wildman–Crippen LogP) is 2.28. The number of allylic oxidation sites excluding steroid dienone is 2. The van der Waals surface area contributed by atoms with Gasteiger partial charge in [-0.3, -0.25) is 4.79 Å². The van der Waals surface area contributed by atoms with Gasteiger partial charge in [-0.15, -0.1) is 0 Å². The average molecular weight is 332 g/mol. The largest absolute Gasteiger partial charge is 0.326 e. The summed E-state index contributed by atoms with van der Waals surface area (Å²) in [6, 6.07) is 6.56. The molecule has 0 spiro atoms. The molecular formula is C17H20N2O3S. The number of fused-ring (bicyclic) bond motifs is 2. The molecule has 4 rings (SSSR count). The smallest absolute Gasteiger partial charge is 0.240 e. The zero-order valence-corrected chi connectivity index (χ0v) is 13.6. The first-order valence-corrected chi connectivity index (χ1v) is 9.61. The van der Waals surface area contributed by atoms with Crippen molar-refractivity contribution in [1.82, 2.24) is 4.72 Å². The van der Waals surface area contributed by atoms with Gasteiger partial charge in [-0.1, -0.05) is 18.2 Å². The molecule has 3 unspecified atom stereocenters. The van der Waals surface area contributed by atoms with Crippen molar-refractivity contribution >= 4 is 21.6 Å². The van der Waals surface area contributed by atoms with Crippen LogP contribution in [-0.4, -0.2) is 20.4 Å². The highest BCUT2D eigenvalue weighted by Crippen LogP contribution is 2.43. The lowest BCUT2D eigenvalue weighted by molar-refractivity contribution is -0.120. The summed E-state index contributed by atoms with van der Waals surface area (Å²) in [5, 5.41) is 2.89. The van der Waals surface area contributed by atoms with Crippen LogP contribution in [0.2, 0.25) is 0 Å². The maximum absolute atomic E-state index is 12.4. The fraction of sp³-hybridized carbons (Fsp3) is 0.471. The summed E-state index contributed by atoms with van der Waals surface area (Å²) in [5.41, 5.74) is 0.542. The van der Waals surface area contributed by atoms with Gasteiger partial charge >= 0.3 is 0 Å². The second-order valence-corrected chi connectivity index (χ2v) is 8.51. The first kappa shape index (κ1) is 14.9. The molecule has 122 valence electrons. The lowest BCUT2D eigenvalue weighted by Crippen LogP contribution is -2.27. The Morgan fingerprint density at radius 3 is 2.61 bits per heavy atom. The summed E-state index contributed by atoms with van der Waals surface area (Å²) in [5.74, 6) is 0.870. The van der Waals surface area contributed by atoms with Crippen LogP contribution in [0.1, 0.15) is 25.7 Å². The Bertz CT molecular complexity index is 768. The van der Waals surface area contributed by atoms with Gasteiger partial charge in [0.15, 0.2) is 0 Å². The maximum atomic E-state index is 12.4. The Hall–Kier alpha value is -1.66. The van der Waals surface area contributed by atoms with Gasteiger partial charge in [0.05, 0.1) is 4.90 Å². The zero-order valence-electron chi connectivity index (χ0n) is 12.7. The molecule has 0 aliphatic heterocycles. The third-order valence-electron chi connectivity index (χ3n) is 4.93. The van der Waals surface area contributed by atoms with Crippen LogP contribution in [0.5, 0.6) is 0 Å². The van der Waals surface area contributed by atoms with E-state index in [0.717, 1.165) is 25.7 Å². The number of hydrogen-bond acceptors (Lipinski definition) is 3. The van der Waals surface area contributed by atoms with E-state index in [-0.39, 0.29) is 22.8 Å². The molecule has 6 heteroatoms. The highest BCUT2D eigenvalue weighted by molar-refractivity contribution is 7.89. The summed E-state index contributed by atoms with van der Waals surface area (Å²) in [7, 11) is -3.50. The fourth-order valence-electron chi connectivity index (χ4n) is 3.55. The van der Waals surface area contributed by atoms with Gasteiger partial charge in [-0.2, -0.15) is 0 Å². The number of anilines is 1. The molecule has 2 bridgehead atoms. The number of sulfonamides is 1. The second-order valence-electron chi connectivity index (χ2n) is 6.80. The standard InChI is InChI=1S/C17H20N2O3S/c20-17(16-9-11-4-5-12(16)8-11)18-14-2-1-3-15(10-14)23(21,22)19-13-6-7-13/h1-5,10-13,16,19H,6-9H2,(H,18,20). The number of benzene rings is 1. The van der Waals surface area contributed by atoms with Crippen LogP contribution in [0.3, 0.4) is 0 Å². The number of nitrogens with one attached hydrogen (secondary N) is 2. The van der Waals surface area contributed by atoms with E-state index in [1.54, 1.807) is 18.2 Å². The van der Waals surface area contributed by atoms with Gasteiger partial charge < -0.3 is 5.32 Å². The van der Waals surface area contributed by atoms with Crippen molar-refractivity contribution in [3.8, 4) is 0 Å². The normalized spacial score (nSPS) is 29.0. The van der Waals surface area contributed by atoms with Crippen molar-refractivity contribution in [2.45, 2.75) is 36.6 Å². The van der Waals surface area contributed by atoms with E-state index in [1.165, 1.54) is 6.07 Å². The molecule has 2 fully saturated rings. The number of rotatable bonds is 5. The highest BCUT2D eigenvalue weighted by atomic mass is 32.2. The van der Waals surface area contributed by atoms with Crippen LogP contribution in [-0.2, 0) is 14.8 Å². The van der Waals surface area contributed by atoms with Gasteiger partial charge in [0.25, 0.3) is 0 Å². The highest BCUT2D eigenvalue weighted by Gasteiger charge is 2.39. The summed E-state index contributed by atoms with van der Waals surface area (Å²) in [6.07, 6.45) is 8.09. The van der Waals surface area contributed by atoms with E-state index >= 15 is 0 Å². The second kappa shape index (κ2) is 5.46. The van der Waals surface area contributed by atoms with Crippen LogP contribution in [0.4, 0.5) is 5.69 Å². The SMILES string of the molecule is O=C(Nc1cccc(S(=O)(=O)NC2CC2)c1)C1CC2C=CC1C2. The van der Waals surface area contributed by atoms with Crippen LogP contribution < -0.4 is 10.0 Å². The van der Waals surface area contributed by atoms with E-state index in [9.17, 15) is 13.2 Å². The summed E-state index contributed by atoms with van der Waals surface area (Å²) in [4.78, 5) is 12.6. The topological polar surface area (TPSA) is 75.3 Å². The number of carbonyl (C=O) groups is 1. The average Bonchev–Trinajstić information content (AvgIpc) is 3.07. The van der Waals surface area contributed by atoms with Gasteiger partial charge in [0, 0.05) is 17.6 Å². The minimum absolute atomic E-state index is 0.00782. The molecule has 3 aliphatic rings. The molecule has 1 aromatic rings. The number of carbonyl (C=O) groups excluding carboxylic acids is 1. The van der Waals surface area contributed by atoms with Crippen LogP contribution in [0.25, 0.3) is 0 Å². The fourth-order valence-corrected chi connectivity index (χ4v) is 4.90. The number of hydrogen-bond donors (Lipinski definition) is 2. The van der Waals surface area contributed by atoms with Crippen molar-refractivity contribution in [3.05, 3.63) is 36.4 Å². The Kier molecular flexibility index (Phi) is 3.54. The zero-order chi connectivity index (χ0) is 16.0. The Morgan fingerprint density at radius 1 is 1.13 bits per heavy atom. The molecule has 1 aromatic carbocycles. The van der Waals surface area contributed by atoms with Crippen LogP contribution >= 0.6 is 0 Å². The minimum atomic E-state index is -3.50. The van der Waals surface area contributed by atoms with Crippen LogP contribution in [0.15, 0.2) is 41.3 Å². The van der Waals surface area contributed by atoms with Crippen molar-refractivity contribution < 1.29 is 13.2 Å². The Labute approximate surface area is 136 Å². The molecule has 3 aliphatic carbocycles. The van der Waals surface area contributed by atoms with E-state index in [2.05, 4.69) is 22.2 Å². The molecule has 0 saturated heterocycles. The van der Waals surface area contributed by atoms with Crippen molar-refractivity contribution in [1.29, 1.82) is 0 Å². The summed E-state index contributed by atoms with van der Waals surface area (Å²) < 4.78 is 27.2. The Balaban J connectivity index is 1.48. The first-order valence-electron chi connectivity index (χ1n) is 8.13. The third-order valence-corrected chi connectivity index (χ3v) is 6.44. The lowest BCUT2D eigenvalue weighted by atomic mass is 9.93. The van der Waals surface area contributed by atoms with Crippen molar-refractivity contribution in [2.75, 3.05) is 5.32 Å². The molecule has 0 radical (unpaired) electrons. The van der Waals surface area contributed by atoms with Crippen LogP contribution in [0, 0.1) is 17.8 Å². The van der Waals surface area contributed by atoms with Crippen molar-refractivity contribution in [2.24, 2.45) is 17.8 Å². The molecule has 5 nitrogen and oxygen atoms in total. The van der Waals surface area contributed by atoms with E-state index in [0.29, 0.717) is 17.5 Å². The number of amides is 1. The summed E-state index contributed by atoms with van der Waals surface area (Å²) in [6.45, 7) is 0. The molecule has 0 aromatic heterocycles. The van der Waals surface area contributed by atoms with Gasteiger partial charge in [0.2, 0.25) is 15.9 Å². The van der Waals surface area contributed by atoms with Gasteiger partial charge in [0.1, 0.15) is 0 Å². The minimum Gasteiger partial charge on any atom is -0.326 e. The Morgan fingerprint density at radius 2 is 1.96 bits per heavy atom. The van der Waals surface area contributed by atoms with Crippen molar-refractivity contribution in [3.63, 3.8) is 0 Å². The molecule has 2 saturated carbocycles. The molecule has 0 heterocycles. The first-order chi connectivity index (χ1) is 11.0. The molecular weight excluding hydrogens is 312 g/mol. The van der Waals surface area contributed by atoms with Gasteiger partial charge in [-0.05, 0) is 55.7 Å². The molecule has 3 atom stereocenters.